The van der Waals surface area contributed by atoms with Crippen LogP contribution in [0.5, 0.6) is 0 Å². The summed E-state index contributed by atoms with van der Waals surface area (Å²) in [6.07, 6.45) is 7.90. The molecule has 0 radical (unpaired) electrons. The molecule has 0 spiro atoms. The van der Waals surface area contributed by atoms with Crippen LogP contribution in [-0.4, -0.2) is 25.4 Å². The molecular weight excluding hydrogens is 280 g/mol. The van der Waals surface area contributed by atoms with E-state index in [1.54, 1.807) is 47.4 Å². The Hall–Kier alpha value is -3.28. The maximum atomic E-state index is 12.6. The zero-order chi connectivity index (χ0) is 14.9. The highest BCUT2D eigenvalue weighted by molar-refractivity contribution is 6.12. The molecular formula is C16H10N4O2. The Kier molecular flexibility index (Phi) is 2.79. The van der Waals surface area contributed by atoms with E-state index in [9.17, 15) is 4.79 Å². The highest BCUT2D eigenvalue weighted by Gasteiger charge is 2.18. The molecule has 4 rings (SSSR count). The predicted molar refractivity (Wildman–Crippen MR) is 78.4 cm³/mol. The highest BCUT2D eigenvalue weighted by atomic mass is 16.3. The van der Waals surface area contributed by atoms with Crippen LogP contribution in [0.15, 0.2) is 65.8 Å². The fourth-order valence-electron chi connectivity index (χ4n) is 2.32. The summed E-state index contributed by atoms with van der Waals surface area (Å²) >= 11 is 0. The van der Waals surface area contributed by atoms with Crippen molar-refractivity contribution in [3.8, 4) is 11.5 Å². The SMILES string of the molecule is O=C(c1cccnc1)c1cnn2c(-c3ccco3)ccnc12. The van der Waals surface area contributed by atoms with Gasteiger partial charge in [-0.2, -0.15) is 5.10 Å². The average Bonchev–Trinajstić information content (AvgIpc) is 3.24. The van der Waals surface area contributed by atoms with E-state index in [2.05, 4.69) is 15.1 Å². The summed E-state index contributed by atoms with van der Waals surface area (Å²) < 4.78 is 7.00. The number of hydrogen-bond acceptors (Lipinski definition) is 5. The van der Waals surface area contributed by atoms with Crippen LogP contribution in [0.4, 0.5) is 0 Å². The molecule has 0 saturated heterocycles. The summed E-state index contributed by atoms with van der Waals surface area (Å²) in [7, 11) is 0. The van der Waals surface area contributed by atoms with Gasteiger partial charge in [-0.3, -0.25) is 9.78 Å². The molecule has 4 aromatic rings. The highest BCUT2D eigenvalue weighted by Crippen LogP contribution is 2.22. The van der Waals surface area contributed by atoms with Crippen LogP contribution in [0, 0.1) is 0 Å². The van der Waals surface area contributed by atoms with Crippen LogP contribution in [-0.2, 0) is 0 Å². The lowest BCUT2D eigenvalue weighted by atomic mass is 10.1. The summed E-state index contributed by atoms with van der Waals surface area (Å²) in [5.41, 5.74) is 2.16. The lowest BCUT2D eigenvalue weighted by Gasteiger charge is -2.02. The van der Waals surface area contributed by atoms with Crippen molar-refractivity contribution in [2.45, 2.75) is 0 Å². The van der Waals surface area contributed by atoms with Crippen LogP contribution >= 0.6 is 0 Å². The number of ketones is 1. The van der Waals surface area contributed by atoms with Gasteiger partial charge in [0.25, 0.3) is 0 Å². The Balaban J connectivity index is 1.88. The second-order valence-corrected chi connectivity index (χ2v) is 4.67. The van der Waals surface area contributed by atoms with Crippen molar-refractivity contribution in [3.05, 3.63) is 72.5 Å². The summed E-state index contributed by atoms with van der Waals surface area (Å²) in [5.74, 6) is 0.503. The van der Waals surface area contributed by atoms with Gasteiger partial charge in [0.1, 0.15) is 5.69 Å². The average molecular weight is 290 g/mol. The second-order valence-electron chi connectivity index (χ2n) is 4.67. The fourth-order valence-corrected chi connectivity index (χ4v) is 2.32. The lowest BCUT2D eigenvalue weighted by Crippen LogP contribution is -2.02. The summed E-state index contributed by atoms with van der Waals surface area (Å²) in [6.45, 7) is 0. The number of pyridine rings is 1. The molecule has 4 aromatic heterocycles. The molecule has 106 valence electrons. The number of carbonyl (C=O) groups excluding carboxylic acids is 1. The van der Waals surface area contributed by atoms with E-state index in [0.717, 1.165) is 5.69 Å². The predicted octanol–water partition coefficient (Wildman–Crippen LogP) is 2.62. The standard InChI is InChI=1S/C16H10N4O2/c21-15(11-3-1-6-17-9-11)12-10-19-20-13(5-7-18-16(12)20)14-4-2-8-22-14/h1-10H. The van der Waals surface area contributed by atoms with E-state index < -0.39 is 0 Å². The van der Waals surface area contributed by atoms with Gasteiger partial charge in [0.2, 0.25) is 0 Å². The Morgan fingerprint density at radius 2 is 2.05 bits per heavy atom. The largest absolute Gasteiger partial charge is 0.463 e. The van der Waals surface area contributed by atoms with Gasteiger partial charge in [-0.15, -0.1) is 0 Å². The van der Waals surface area contributed by atoms with E-state index in [0.29, 0.717) is 22.5 Å². The Labute approximate surface area is 125 Å². The number of carbonyl (C=O) groups is 1. The Morgan fingerprint density at radius 3 is 2.82 bits per heavy atom. The first kappa shape index (κ1) is 12.5. The second kappa shape index (κ2) is 4.92. The number of nitrogens with zero attached hydrogens (tertiary/aromatic N) is 4. The first-order valence-corrected chi connectivity index (χ1v) is 6.66. The smallest absolute Gasteiger partial charge is 0.200 e. The van der Waals surface area contributed by atoms with Gasteiger partial charge in [0.05, 0.1) is 18.0 Å². The van der Waals surface area contributed by atoms with Gasteiger partial charge in [-0.1, -0.05) is 0 Å². The van der Waals surface area contributed by atoms with Crippen LogP contribution in [0.25, 0.3) is 17.1 Å². The third-order valence-electron chi connectivity index (χ3n) is 3.34. The molecule has 0 bridgehead atoms. The number of hydrogen-bond donors (Lipinski definition) is 0. The number of furan rings is 1. The van der Waals surface area contributed by atoms with Crippen molar-refractivity contribution in [1.82, 2.24) is 19.6 Å². The van der Waals surface area contributed by atoms with Crippen molar-refractivity contribution >= 4 is 11.4 Å². The molecule has 0 aliphatic rings. The molecule has 0 aliphatic heterocycles. The third kappa shape index (κ3) is 1.89. The first-order valence-electron chi connectivity index (χ1n) is 6.66. The van der Waals surface area contributed by atoms with Gasteiger partial charge in [0.15, 0.2) is 17.2 Å². The van der Waals surface area contributed by atoms with Crippen molar-refractivity contribution in [2.75, 3.05) is 0 Å². The molecule has 0 fully saturated rings. The van der Waals surface area contributed by atoms with Gasteiger partial charge in [-0.25, -0.2) is 9.50 Å². The van der Waals surface area contributed by atoms with E-state index in [-0.39, 0.29) is 5.78 Å². The van der Waals surface area contributed by atoms with Crippen LogP contribution < -0.4 is 0 Å². The van der Waals surface area contributed by atoms with Gasteiger partial charge in [-0.05, 0) is 30.3 Å². The number of fused-ring (bicyclic) bond motifs is 1. The molecule has 0 aromatic carbocycles. The maximum absolute atomic E-state index is 12.6. The molecule has 6 heteroatoms. The molecule has 4 heterocycles. The summed E-state index contributed by atoms with van der Waals surface area (Å²) in [5, 5.41) is 4.27. The van der Waals surface area contributed by atoms with Crippen LogP contribution in [0.3, 0.4) is 0 Å². The minimum Gasteiger partial charge on any atom is -0.463 e. The molecule has 0 amide bonds. The molecule has 22 heavy (non-hydrogen) atoms. The van der Waals surface area contributed by atoms with Crippen molar-refractivity contribution < 1.29 is 9.21 Å². The molecule has 0 unspecified atom stereocenters. The number of rotatable bonds is 3. The molecule has 0 saturated carbocycles. The Bertz CT molecular complexity index is 943. The van der Waals surface area contributed by atoms with Crippen molar-refractivity contribution in [1.29, 1.82) is 0 Å². The summed E-state index contributed by atoms with van der Waals surface area (Å²) in [4.78, 5) is 20.8. The third-order valence-corrected chi connectivity index (χ3v) is 3.34. The van der Waals surface area contributed by atoms with Gasteiger partial charge >= 0.3 is 0 Å². The molecule has 0 N–H and O–H groups in total. The van der Waals surface area contributed by atoms with Gasteiger partial charge in [0, 0.05) is 24.2 Å². The fraction of sp³-hybridized carbons (Fsp3) is 0. The molecule has 0 atom stereocenters. The zero-order valence-electron chi connectivity index (χ0n) is 11.4. The first-order chi connectivity index (χ1) is 10.8. The van der Waals surface area contributed by atoms with Gasteiger partial charge < -0.3 is 4.42 Å². The maximum Gasteiger partial charge on any atom is 0.200 e. The van der Waals surface area contributed by atoms with Crippen LogP contribution in [0.1, 0.15) is 15.9 Å². The van der Waals surface area contributed by atoms with E-state index in [4.69, 9.17) is 4.42 Å². The normalized spacial score (nSPS) is 10.9. The van der Waals surface area contributed by atoms with E-state index in [1.807, 2.05) is 6.07 Å². The quantitative estimate of drug-likeness (QED) is 0.542. The molecule has 0 aliphatic carbocycles. The molecule has 6 nitrogen and oxygen atoms in total. The van der Waals surface area contributed by atoms with Crippen molar-refractivity contribution in [3.63, 3.8) is 0 Å². The van der Waals surface area contributed by atoms with E-state index >= 15 is 0 Å². The monoisotopic (exact) mass is 290 g/mol. The van der Waals surface area contributed by atoms with Crippen LogP contribution in [0.2, 0.25) is 0 Å². The topological polar surface area (TPSA) is 73.3 Å². The van der Waals surface area contributed by atoms with E-state index in [1.165, 1.54) is 12.4 Å². The summed E-state index contributed by atoms with van der Waals surface area (Å²) in [6, 6.07) is 8.86. The Morgan fingerprint density at radius 1 is 1.09 bits per heavy atom. The minimum absolute atomic E-state index is 0.160. The zero-order valence-corrected chi connectivity index (χ0v) is 11.4. The minimum atomic E-state index is -0.160. The number of aromatic nitrogens is 4. The van der Waals surface area contributed by atoms with Crippen molar-refractivity contribution in [2.24, 2.45) is 0 Å². The lowest BCUT2D eigenvalue weighted by molar-refractivity contribution is 0.103.